The number of nitrogens with zero attached hydrogens (tertiary/aromatic N) is 5. The van der Waals surface area contributed by atoms with E-state index in [1.807, 2.05) is 18.6 Å². The van der Waals surface area contributed by atoms with Crippen LogP contribution in [0, 0.1) is 0 Å². The molecule has 186 valence electrons. The SMILES string of the molecule is C=C(N(CCOC)Cc1ccc(CC)cn1)N(Cc1ccc(CC)cn1)Cc1ccc(CC)cn1. The lowest BCUT2D eigenvalue weighted by atomic mass is 10.2. The van der Waals surface area contributed by atoms with E-state index in [1.165, 1.54) is 16.7 Å². The Hall–Kier alpha value is -3.25. The Morgan fingerprint density at radius 1 is 0.686 bits per heavy atom. The molecule has 6 heteroatoms. The Morgan fingerprint density at radius 3 is 1.40 bits per heavy atom. The lowest BCUT2D eigenvalue weighted by Gasteiger charge is -2.35. The van der Waals surface area contributed by atoms with Gasteiger partial charge in [0, 0.05) is 32.2 Å². The average Bonchev–Trinajstić information content (AvgIpc) is 2.91. The highest BCUT2D eigenvalue weighted by Gasteiger charge is 2.18. The van der Waals surface area contributed by atoms with Gasteiger partial charge in [-0.05, 0) is 54.2 Å². The van der Waals surface area contributed by atoms with Crippen LogP contribution in [0.3, 0.4) is 0 Å². The maximum Gasteiger partial charge on any atom is 0.0976 e. The molecule has 0 saturated heterocycles. The highest BCUT2D eigenvalue weighted by Crippen LogP contribution is 2.19. The number of hydrogen-bond donors (Lipinski definition) is 0. The molecule has 0 fully saturated rings. The van der Waals surface area contributed by atoms with Crippen molar-refractivity contribution in [1.29, 1.82) is 0 Å². The monoisotopic (exact) mass is 473 g/mol. The maximum absolute atomic E-state index is 5.42. The second-order valence-electron chi connectivity index (χ2n) is 8.72. The molecule has 0 aliphatic carbocycles. The van der Waals surface area contributed by atoms with E-state index < -0.39 is 0 Å². The normalized spacial score (nSPS) is 10.9. The average molecular weight is 474 g/mol. The van der Waals surface area contributed by atoms with Crippen molar-refractivity contribution < 1.29 is 4.74 Å². The molecule has 35 heavy (non-hydrogen) atoms. The van der Waals surface area contributed by atoms with Crippen LogP contribution >= 0.6 is 0 Å². The summed E-state index contributed by atoms with van der Waals surface area (Å²) in [5.41, 5.74) is 6.73. The Balaban J connectivity index is 1.85. The van der Waals surface area contributed by atoms with Crippen molar-refractivity contribution in [3.05, 3.63) is 101 Å². The second-order valence-corrected chi connectivity index (χ2v) is 8.72. The molecule has 3 aromatic rings. The van der Waals surface area contributed by atoms with Gasteiger partial charge >= 0.3 is 0 Å². The fourth-order valence-corrected chi connectivity index (χ4v) is 3.80. The van der Waals surface area contributed by atoms with Gasteiger partial charge in [0.15, 0.2) is 0 Å². The van der Waals surface area contributed by atoms with Crippen LogP contribution in [0.4, 0.5) is 0 Å². The zero-order valence-electron chi connectivity index (χ0n) is 21.7. The molecule has 0 aliphatic rings. The zero-order chi connectivity index (χ0) is 25.0. The summed E-state index contributed by atoms with van der Waals surface area (Å²) in [4.78, 5) is 18.6. The summed E-state index contributed by atoms with van der Waals surface area (Å²) in [5.74, 6) is 0.908. The smallest absolute Gasteiger partial charge is 0.0976 e. The summed E-state index contributed by atoms with van der Waals surface area (Å²) in [6.45, 7) is 14.2. The van der Waals surface area contributed by atoms with Crippen molar-refractivity contribution >= 4 is 0 Å². The van der Waals surface area contributed by atoms with Gasteiger partial charge in [0.2, 0.25) is 0 Å². The number of pyridine rings is 3. The van der Waals surface area contributed by atoms with E-state index >= 15 is 0 Å². The molecule has 0 spiro atoms. The van der Waals surface area contributed by atoms with Crippen LogP contribution in [-0.2, 0) is 43.6 Å². The molecule has 0 unspecified atom stereocenters. The zero-order valence-corrected chi connectivity index (χ0v) is 21.7. The largest absolute Gasteiger partial charge is 0.383 e. The van der Waals surface area contributed by atoms with Crippen LogP contribution in [0.1, 0.15) is 54.5 Å². The predicted molar refractivity (Wildman–Crippen MR) is 142 cm³/mol. The first-order valence-corrected chi connectivity index (χ1v) is 12.5. The van der Waals surface area contributed by atoms with Gasteiger partial charge in [-0.25, -0.2) is 0 Å². The number of rotatable bonds is 14. The number of hydrogen-bond acceptors (Lipinski definition) is 6. The van der Waals surface area contributed by atoms with Crippen molar-refractivity contribution in [3.63, 3.8) is 0 Å². The third-order valence-corrected chi connectivity index (χ3v) is 6.24. The lowest BCUT2D eigenvalue weighted by Crippen LogP contribution is -2.36. The second kappa shape index (κ2) is 13.6. The molecule has 3 aromatic heterocycles. The number of ether oxygens (including phenoxy) is 1. The number of methoxy groups -OCH3 is 1. The highest BCUT2D eigenvalue weighted by atomic mass is 16.5. The van der Waals surface area contributed by atoms with Gasteiger partial charge in [0.05, 0.1) is 49.1 Å². The third kappa shape index (κ3) is 7.89. The van der Waals surface area contributed by atoms with Crippen LogP contribution in [-0.4, -0.2) is 45.0 Å². The van der Waals surface area contributed by atoms with E-state index in [4.69, 9.17) is 14.7 Å². The van der Waals surface area contributed by atoms with Crippen molar-refractivity contribution in [2.45, 2.75) is 59.7 Å². The first kappa shape index (κ1) is 26.4. The van der Waals surface area contributed by atoms with Crippen molar-refractivity contribution in [3.8, 4) is 0 Å². The minimum atomic E-state index is 0.604. The molecule has 0 N–H and O–H groups in total. The van der Waals surface area contributed by atoms with Gasteiger partial charge in [-0.15, -0.1) is 0 Å². The topological polar surface area (TPSA) is 54.4 Å². The van der Waals surface area contributed by atoms with Crippen molar-refractivity contribution in [1.82, 2.24) is 24.8 Å². The van der Waals surface area contributed by atoms with Gasteiger partial charge in [-0.3, -0.25) is 15.0 Å². The van der Waals surface area contributed by atoms with E-state index in [9.17, 15) is 0 Å². The van der Waals surface area contributed by atoms with E-state index in [1.54, 1.807) is 7.11 Å². The standard InChI is InChI=1S/C29H39N5O/c1-6-24-9-12-27(30-17-24)20-33(15-16-35-5)23(4)34(21-28-13-10-25(7-2)18-31-28)22-29-14-11-26(8-3)19-32-29/h9-14,17-19H,4,6-8,15-16,20-22H2,1-3,5H3. The summed E-state index contributed by atoms with van der Waals surface area (Å²) < 4.78 is 5.42. The van der Waals surface area contributed by atoms with Gasteiger partial charge < -0.3 is 14.5 Å². The third-order valence-electron chi connectivity index (χ3n) is 6.24. The fraction of sp³-hybridized carbons (Fsp3) is 0.414. The fourth-order valence-electron chi connectivity index (χ4n) is 3.80. The lowest BCUT2D eigenvalue weighted by molar-refractivity contribution is 0.129. The minimum Gasteiger partial charge on any atom is -0.383 e. The Bertz CT molecular complexity index is 983. The Labute approximate surface area is 210 Å². The van der Waals surface area contributed by atoms with Crippen molar-refractivity contribution in [2.75, 3.05) is 20.3 Å². The van der Waals surface area contributed by atoms with Crippen LogP contribution in [0.2, 0.25) is 0 Å². The molecule has 3 rings (SSSR count). The summed E-state index contributed by atoms with van der Waals surface area (Å²) in [6.07, 6.45) is 8.83. The Kier molecular flexibility index (Phi) is 10.2. The molecular weight excluding hydrogens is 434 g/mol. The molecule has 0 radical (unpaired) electrons. The van der Waals surface area contributed by atoms with Gasteiger partial charge in [0.25, 0.3) is 0 Å². The van der Waals surface area contributed by atoms with Gasteiger partial charge in [-0.1, -0.05) is 45.5 Å². The Morgan fingerprint density at radius 2 is 1.09 bits per heavy atom. The predicted octanol–water partition coefficient (Wildman–Crippen LogP) is 5.18. The van der Waals surface area contributed by atoms with Crippen LogP contribution in [0.15, 0.2) is 67.4 Å². The van der Waals surface area contributed by atoms with Crippen molar-refractivity contribution in [2.24, 2.45) is 0 Å². The van der Waals surface area contributed by atoms with E-state index in [2.05, 4.69) is 78.5 Å². The highest BCUT2D eigenvalue weighted by molar-refractivity contribution is 5.18. The molecule has 0 aromatic carbocycles. The summed E-state index contributed by atoms with van der Waals surface area (Å²) in [5, 5.41) is 0. The minimum absolute atomic E-state index is 0.604. The summed E-state index contributed by atoms with van der Waals surface area (Å²) >= 11 is 0. The van der Waals surface area contributed by atoms with Gasteiger partial charge in [-0.2, -0.15) is 0 Å². The molecular formula is C29H39N5O. The molecule has 0 bridgehead atoms. The van der Waals surface area contributed by atoms with E-state index in [0.29, 0.717) is 32.8 Å². The van der Waals surface area contributed by atoms with Crippen LogP contribution in [0.5, 0.6) is 0 Å². The number of aryl methyl sites for hydroxylation is 3. The first-order valence-electron chi connectivity index (χ1n) is 12.5. The molecule has 6 nitrogen and oxygen atoms in total. The summed E-state index contributed by atoms with van der Waals surface area (Å²) in [6, 6.07) is 12.8. The number of aromatic nitrogens is 3. The van der Waals surface area contributed by atoms with Gasteiger partial charge in [0.1, 0.15) is 0 Å². The molecule has 3 heterocycles. The summed E-state index contributed by atoms with van der Waals surface area (Å²) in [7, 11) is 1.73. The molecule has 0 aliphatic heterocycles. The first-order chi connectivity index (χ1) is 17.1. The van der Waals surface area contributed by atoms with E-state index in [-0.39, 0.29) is 0 Å². The van der Waals surface area contributed by atoms with Crippen LogP contribution < -0.4 is 0 Å². The quantitative estimate of drug-likeness (QED) is 0.322. The van der Waals surface area contributed by atoms with E-state index in [0.717, 1.165) is 42.2 Å². The molecule has 0 amide bonds. The molecule has 0 saturated carbocycles. The molecule has 0 atom stereocenters. The maximum atomic E-state index is 5.42. The van der Waals surface area contributed by atoms with Crippen LogP contribution in [0.25, 0.3) is 0 Å².